The standard InChI is InChI=1S/C13H26O3/c1-7-10(2)8-11(15-6)9-12(14)16-13(3,4)5/h10-11H,7-9H2,1-6H3/t10-,11-/m0/s1. The molecule has 0 aromatic rings. The summed E-state index contributed by atoms with van der Waals surface area (Å²) in [4.78, 5) is 11.6. The molecule has 16 heavy (non-hydrogen) atoms. The van der Waals surface area contributed by atoms with Gasteiger partial charge < -0.3 is 9.47 Å². The van der Waals surface area contributed by atoms with Gasteiger partial charge in [0.05, 0.1) is 12.5 Å². The third kappa shape index (κ3) is 7.69. The van der Waals surface area contributed by atoms with E-state index >= 15 is 0 Å². The summed E-state index contributed by atoms with van der Waals surface area (Å²) in [6.45, 7) is 9.94. The van der Waals surface area contributed by atoms with Crippen LogP contribution in [0.15, 0.2) is 0 Å². The van der Waals surface area contributed by atoms with Crippen molar-refractivity contribution >= 4 is 5.97 Å². The number of carbonyl (C=O) groups is 1. The van der Waals surface area contributed by atoms with Crippen LogP contribution in [0.4, 0.5) is 0 Å². The molecule has 0 saturated carbocycles. The fourth-order valence-corrected chi connectivity index (χ4v) is 1.45. The maximum atomic E-state index is 11.6. The first-order valence-corrected chi connectivity index (χ1v) is 6.03. The lowest BCUT2D eigenvalue weighted by Gasteiger charge is -2.23. The Hall–Kier alpha value is -0.570. The van der Waals surface area contributed by atoms with E-state index in [1.807, 2.05) is 20.8 Å². The first-order chi connectivity index (χ1) is 7.28. The van der Waals surface area contributed by atoms with Gasteiger partial charge in [-0.2, -0.15) is 0 Å². The monoisotopic (exact) mass is 230 g/mol. The molecule has 0 amide bonds. The van der Waals surface area contributed by atoms with Gasteiger partial charge in [-0.3, -0.25) is 4.79 Å². The third-order valence-electron chi connectivity index (χ3n) is 2.51. The summed E-state index contributed by atoms with van der Waals surface area (Å²) in [6.07, 6.45) is 2.34. The molecule has 96 valence electrons. The largest absolute Gasteiger partial charge is 0.460 e. The van der Waals surface area contributed by atoms with Gasteiger partial charge in [-0.15, -0.1) is 0 Å². The van der Waals surface area contributed by atoms with Gasteiger partial charge in [0, 0.05) is 7.11 Å². The minimum atomic E-state index is -0.411. The van der Waals surface area contributed by atoms with Crippen LogP contribution in [-0.4, -0.2) is 24.8 Å². The molecule has 0 bridgehead atoms. The molecular formula is C13H26O3. The maximum absolute atomic E-state index is 11.6. The minimum absolute atomic E-state index is 0.0233. The van der Waals surface area contributed by atoms with E-state index in [0.717, 1.165) is 12.8 Å². The molecule has 0 spiro atoms. The van der Waals surface area contributed by atoms with E-state index in [9.17, 15) is 4.79 Å². The van der Waals surface area contributed by atoms with Crippen LogP contribution < -0.4 is 0 Å². The zero-order valence-electron chi connectivity index (χ0n) is 11.5. The quantitative estimate of drug-likeness (QED) is 0.657. The van der Waals surface area contributed by atoms with Gasteiger partial charge in [0.2, 0.25) is 0 Å². The van der Waals surface area contributed by atoms with E-state index in [0.29, 0.717) is 12.3 Å². The molecule has 3 nitrogen and oxygen atoms in total. The van der Waals surface area contributed by atoms with Crippen LogP contribution in [0.2, 0.25) is 0 Å². The average molecular weight is 230 g/mol. The highest BCUT2D eigenvalue weighted by Gasteiger charge is 2.21. The highest BCUT2D eigenvalue weighted by Crippen LogP contribution is 2.17. The lowest BCUT2D eigenvalue weighted by atomic mass is 9.99. The van der Waals surface area contributed by atoms with E-state index in [1.165, 1.54) is 0 Å². The number of methoxy groups -OCH3 is 1. The SMILES string of the molecule is CC[C@H](C)C[C@@H](CC(=O)OC(C)(C)C)OC. The summed E-state index contributed by atoms with van der Waals surface area (Å²) < 4.78 is 10.6. The van der Waals surface area contributed by atoms with E-state index in [2.05, 4.69) is 13.8 Å². The third-order valence-corrected chi connectivity index (χ3v) is 2.51. The number of ether oxygens (including phenoxy) is 2. The predicted octanol–water partition coefficient (Wildman–Crippen LogP) is 3.17. The maximum Gasteiger partial charge on any atom is 0.308 e. The first kappa shape index (κ1) is 15.4. The van der Waals surface area contributed by atoms with Crippen LogP contribution in [0, 0.1) is 5.92 Å². The van der Waals surface area contributed by atoms with Crippen LogP contribution in [0.25, 0.3) is 0 Å². The molecule has 2 atom stereocenters. The molecule has 0 N–H and O–H groups in total. The van der Waals surface area contributed by atoms with Crippen molar-refractivity contribution in [2.45, 2.75) is 65.6 Å². The zero-order chi connectivity index (χ0) is 12.8. The van der Waals surface area contributed by atoms with Gasteiger partial charge in [-0.05, 0) is 33.1 Å². The summed E-state index contributed by atoms with van der Waals surface area (Å²) in [6, 6.07) is 0. The Labute approximate surface area is 99.5 Å². The summed E-state index contributed by atoms with van der Waals surface area (Å²) in [5, 5.41) is 0. The second kappa shape index (κ2) is 6.89. The highest BCUT2D eigenvalue weighted by atomic mass is 16.6. The number of esters is 1. The van der Waals surface area contributed by atoms with Crippen molar-refractivity contribution in [2.75, 3.05) is 7.11 Å². The predicted molar refractivity (Wildman–Crippen MR) is 65.3 cm³/mol. The second-order valence-electron chi connectivity index (χ2n) is 5.40. The summed E-state index contributed by atoms with van der Waals surface area (Å²) in [5.41, 5.74) is -0.411. The molecule has 3 heteroatoms. The Morgan fingerprint density at radius 1 is 1.31 bits per heavy atom. The van der Waals surface area contributed by atoms with Gasteiger partial charge in [0.25, 0.3) is 0 Å². The number of hydrogen-bond donors (Lipinski definition) is 0. The molecule has 0 rings (SSSR count). The van der Waals surface area contributed by atoms with Crippen LogP contribution in [0.1, 0.15) is 53.9 Å². The van der Waals surface area contributed by atoms with Gasteiger partial charge >= 0.3 is 5.97 Å². The molecule has 0 heterocycles. The van der Waals surface area contributed by atoms with Gasteiger partial charge in [0.1, 0.15) is 5.60 Å². The van der Waals surface area contributed by atoms with E-state index < -0.39 is 5.60 Å². The zero-order valence-corrected chi connectivity index (χ0v) is 11.5. The fraction of sp³-hybridized carbons (Fsp3) is 0.923. The summed E-state index contributed by atoms with van der Waals surface area (Å²) >= 11 is 0. The molecule has 0 radical (unpaired) electrons. The Balaban J connectivity index is 4.07. The minimum Gasteiger partial charge on any atom is -0.460 e. The van der Waals surface area contributed by atoms with Crippen molar-refractivity contribution < 1.29 is 14.3 Å². The smallest absolute Gasteiger partial charge is 0.308 e. The topological polar surface area (TPSA) is 35.5 Å². The summed E-state index contributed by atoms with van der Waals surface area (Å²) in [7, 11) is 1.65. The number of hydrogen-bond acceptors (Lipinski definition) is 3. The van der Waals surface area contributed by atoms with E-state index in [1.54, 1.807) is 7.11 Å². The molecule has 0 saturated heterocycles. The fourth-order valence-electron chi connectivity index (χ4n) is 1.45. The van der Waals surface area contributed by atoms with Crippen molar-refractivity contribution in [2.24, 2.45) is 5.92 Å². The van der Waals surface area contributed by atoms with Crippen molar-refractivity contribution in [1.29, 1.82) is 0 Å². The number of rotatable bonds is 6. The van der Waals surface area contributed by atoms with Crippen molar-refractivity contribution in [3.63, 3.8) is 0 Å². The highest BCUT2D eigenvalue weighted by molar-refractivity contribution is 5.70. The Kier molecular flexibility index (Phi) is 6.65. The van der Waals surface area contributed by atoms with Crippen molar-refractivity contribution in [1.82, 2.24) is 0 Å². The van der Waals surface area contributed by atoms with Crippen molar-refractivity contribution in [3.05, 3.63) is 0 Å². The molecule has 0 aromatic heterocycles. The van der Waals surface area contributed by atoms with Gasteiger partial charge in [-0.25, -0.2) is 0 Å². The molecule has 0 aliphatic heterocycles. The van der Waals surface area contributed by atoms with Gasteiger partial charge in [-0.1, -0.05) is 20.3 Å². The normalized spacial score (nSPS) is 15.6. The lowest BCUT2D eigenvalue weighted by Crippen LogP contribution is -2.27. The van der Waals surface area contributed by atoms with Crippen molar-refractivity contribution in [3.8, 4) is 0 Å². The molecular weight excluding hydrogens is 204 g/mol. The Morgan fingerprint density at radius 3 is 2.25 bits per heavy atom. The average Bonchev–Trinajstić information content (AvgIpc) is 2.13. The van der Waals surface area contributed by atoms with Crippen LogP contribution >= 0.6 is 0 Å². The number of carbonyl (C=O) groups excluding carboxylic acids is 1. The van der Waals surface area contributed by atoms with Crippen LogP contribution in [0.5, 0.6) is 0 Å². The summed E-state index contributed by atoms with van der Waals surface area (Å²) in [5.74, 6) is 0.398. The van der Waals surface area contributed by atoms with Gasteiger partial charge in [0.15, 0.2) is 0 Å². The second-order valence-corrected chi connectivity index (χ2v) is 5.40. The van der Waals surface area contributed by atoms with E-state index in [4.69, 9.17) is 9.47 Å². The lowest BCUT2D eigenvalue weighted by molar-refractivity contribution is -0.157. The van der Waals surface area contributed by atoms with Crippen LogP contribution in [0.3, 0.4) is 0 Å². The Morgan fingerprint density at radius 2 is 1.88 bits per heavy atom. The molecule has 0 aromatic carbocycles. The molecule has 0 aliphatic rings. The van der Waals surface area contributed by atoms with E-state index in [-0.39, 0.29) is 12.1 Å². The molecule has 0 unspecified atom stereocenters. The Bertz CT molecular complexity index is 206. The molecule has 0 aliphatic carbocycles. The molecule has 0 fully saturated rings. The van der Waals surface area contributed by atoms with Crippen LogP contribution in [-0.2, 0) is 14.3 Å². The first-order valence-electron chi connectivity index (χ1n) is 6.03.